The van der Waals surface area contributed by atoms with Crippen molar-refractivity contribution in [3.8, 4) is 0 Å². The van der Waals surface area contributed by atoms with Crippen molar-refractivity contribution in [2.45, 2.75) is 93.3 Å². The fourth-order valence-corrected chi connectivity index (χ4v) is 17.7. The molecule has 30 heteroatoms. The highest BCUT2D eigenvalue weighted by Gasteiger charge is 2.49. The monoisotopic (exact) mass is 1880 g/mol. The number of benzene rings is 2. The van der Waals surface area contributed by atoms with Crippen LogP contribution in [0.15, 0.2) is 0 Å². The fourth-order valence-electron chi connectivity index (χ4n) is 8.91. The lowest BCUT2D eigenvalue weighted by Gasteiger charge is -2.24. The van der Waals surface area contributed by atoms with E-state index in [1.54, 1.807) is 41.8 Å². The van der Waals surface area contributed by atoms with E-state index in [0.717, 1.165) is 13.8 Å². The van der Waals surface area contributed by atoms with Crippen LogP contribution in [-0.2, 0) is 66.8 Å². The third-order valence-corrected chi connectivity index (χ3v) is 20.5. The van der Waals surface area contributed by atoms with Gasteiger partial charge in [-0.15, -0.1) is 0 Å². The molecule has 0 saturated heterocycles. The Morgan fingerprint density at radius 3 is 1.06 bits per heavy atom. The van der Waals surface area contributed by atoms with Crippen LogP contribution in [0.2, 0.25) is 0 Å². The average molecular weight is 1880 g/mol. The molecule has 0 spiro atoms. The first kappa shape index (κ1) is 75.6. The molecule has 24 nitrogen and oxygen atoms in total. The molecule has 2 fully saturated rings. The summed E-state index contributed by atoms with van der Waals surface area (Å²) >= 11 is 11.5. The number of nitrogens with zero attached hydrogens (tertiary/aromatic N) is 2. The molecular weight excluding hydrogens is 1810 g/mol. The van der Waals surface area contributed by atoms with Crippen LogP contribution >= 0.6 is 136 Å². The van der Waals surface area contributed by atoms with Gasteiger partial charge in [-0.3, -0.25) is 57.5 Å². The van der Waals surface area contributed by atoms with E-state index >= 15 is 0 Å². The zero-order valence-electron chi connectivity index (χ0n) is 49.1. The van der Waals surface area contributed by atoms with Gasteiger partial charge in [0, 0.05) is 99.2 Å². The van der Waals surface area contributed by atoms with Crippen LogP contribution in [0.5, 0.6) is 0 Å². The number of Topliss-reactive ketones (excluding diaryl/α,β-unsaturated/α-hetero) is 4. The Hall–Kier alpha value is -2.90. The second-order valence-corrected chi connectivity index (χ2v) is 27.7. The Balaban J connectivity index is 1.21. The summed E-state index contributed by atoms with van der Waals surface area (Å²) in [5.74, 6) is -7.25. The van der Waals surface area contributed by atoms with E-state index < -0.39 is 82.3 Å². The smallest absolute Gasteiger partial charge is 0.303 e. The minimum Gasteiger partial charge on any atom is -0.453 e. The summed E-state index contributed by atoms with van der Waals surface area (Å²) in [5, 5.41) is 11.0. The zero-order valence-corrected chi connectivity index (χ0v) is 62.1. The van der Waals surface area contributed by atoms with Gasteiger partial charge in [-0.1, -0.05) is 0 Å². The second kappa shape index (κ2) is 34.5. The number of halogens is 6. The molecule has 4 rings (SSSR count). The molecule has 0 heterocycles. The maximum atomic E-state index is 14.1. The quantitative estimate of drug-likeness (QED) is 0.0267. The molecule has 2 aromatic carbocycles. The highest BCUT2D eigenvalue weighted by molar-refractivity contribution is 14.1. The van der Waals surface area contributed by atoms with E-state index in [1.807, 2.05) is 136 Å². The number of esters is 2. The van der Waals surface area contributed by atoms with Crippen molar-refractivity contribution in [3.63, 3.8) is 0 Å². The number of carbonyl (C=O) groups excluding carboxylic acids is 12. The van der Waals surface area contributed by atoms with Gasteiger partial charge in [0.05, 0.1) is 98.4 Å². The molecule has 0 aliphatic heterocycles. The van der Waals surface area contributed by atoms with Crippen molar-refractivity contribution in [2.24, 2.45) is 22.7 Å². The van der Waals surface area contributed by atoms with Gasteiger partial charge >= 0.3 is 11.9 Å². The van der Waals surface area contributed by atoms with Gasteiger partial charge in [0.15, 0.2) is 23.8 Å². The first-order chi connectivity index (χ1) is 40.2. The summed E-state index contributed by atoms with van der Waals surface area (Å²) in [6, 6.07) is 0. The van der Waals surface area contributed by atoms with Gasteiger partial charge in [0.2, 0.25) is 0 Å². The topological polar surface area (TPSA) is 315 Å². The Bertz CT molecular complexity index is 2800. The molecule has 474 valence electrons. The molecule has 2 aliphatic carbocycles. The van der Waals surface area contributed by atoms with Crippen LogP contribution in [0.4, 0.5) is 11.4 Å². The molecule has 4 atom stereocenters. The van der Waals surface area contributed by atoms with Gasteiger partial charge < -0.3 is 59.5 Å². The molecule has 0 radical (unpaired) electrons. The van der Waals surface area contributed by atoms with Gasteiger partial charge in [0.1, 0.15) is 11.6 Å². The largest absolute Gasteiger partial charge is 0.453 e. The lowest BCUT2D eigenvalue weighted by atomic mass is 9.88. The summed E-state index contributed by atoms with van der Waals surface area (Å²) < 4.78 is 34.8. The summed E-state index contributed by atoms with van der Waals surface area (Å²) in [5.41, 5.74) is -1.54. The first-order valence-corrected chi connectivity index (χ1v) is 33.6. The summed E-state index contributed by atoms with van der Waals surface area (Å²) in [7, 11) is 3.19. The maximum Gasteiger partial charge on any atom is 0.303 e. The first-order valence-electron chi connectivity index (χ1n) is 27.1. The number of hydrogen-bond acceptors (Lipinski definition) is 18. The molecule has 2 aromatic rings. The number of ether oxygens (including phenoxy) is 6. The van der Waals surface area contributed by atoms with E-state index in [4.69, 9.17) is 28.4 Å². The van der Waals surface area contributed by atoms with E-state index in [1.165, 1.54) is 23.6 Å². The van der Waals surface area contributed by atoms with Crippen molar-refractivity contribution in [3.05, 3.63) is 43.7 Å². The lowest BCUT2D eigenvalue weighted by Crippen LogP contribution is -2.36. The van der Waals surface area contributed by atoms with Crippen LogP contribution in [0.25, 0.3) is 0 Å². The number of ketones is 4. The molecule has 4 N–H and O–H groups in total. The third-order valence-electron chi connectivity index (χ3n) is 14.1. The van der Waals surface area contributed by atoms with Crippen molar-refractivity contribution in [2.75, 3.05) is 104 Å². The van der Waals surface area contributed by atoms with Crippen LogP contribution in [0.3, 0.4) is 0 Å². The summed E-state index contributed by atoms with van der Waals surface area (Å²) in [6.07, 6.45) is -1.51. The number of nitrogens with one attached hydrogen (secondary N) is 4. The molecule has 0 bridgehead atoms. The van der Waals surface area contributed by atoms with E-state index in [2.05, 4.69) is 21.3 Å². The summed E-state index contributed by atoms with van der Waals surface area (Å²) in [6.45, 7) is 13.9. The van der Waals surface area contributed by atoms with Crippen molar-refractivity contribution >= 4 is 217 Å². The Labute approximate surface area is 580 Å². The number of carbonyl (C=O) groups is 12. The second-order valence-electron chi connectivity index (χ2n) is 21.3. The predicted molar refractivity (Wildman–Crippen MR) is 364 cm³/mol. The average Bonchev–Trinajstić information content (AvgIpc) is 1.20. The van der Waals surface area contributed by atoms with Gasteiger partial charge in [0.25, 0.3) is 35.4 Å². The van der Waals surface area contributed by atoms with Crippen molar-refractivity contribution < 1.29 is 86.0 Å². The van der Waals surface area contributed by atoms with E-state index in [9.17, 15) is 57.5 Å². The lowest BCUT2D eigenvalue weighted by molar-refractivity contribution is -0.151. The van der Waals surface area contributed by atoms with Crippen molar-refractivity contribution in [1.29, 1.82) is 0 Å². The molecule has 4 unspecified atom stereocenters. The summed E-state index contributed by atoms with van der Waals surface area (Å²) in [4.78, 5) is 159. The molecule has 0 aromatic heterocycles. The van der Waals surface area contributed by atoms with E-state index in [-0.39, 0.29) is 135 Å². The minimum atomic E-state index is -1.19. The maximum absolute atomic E-state index is 14.1. The van der Waals surface area contributed by atoms with Gasteiger partial charge in [-0.05, 0) is 190 Å². The number of rotatable bonds is 31. The van der Waals surface area contributed by atoms with Crippen molar-refractivity contribution in [1.82, 2.24) is 20.4 Å². The molecule has 6 amide bonds. The van der Waals surface area contributed by atoms with Crippen LogP contribution in [0.1, 0.15) is 123 Å². The minimum absolute atomic E-state index is 0.0114. The molecule has 86 heavy (non-hydrogen) atoms. The van der Waals surface area contributed by atoms with Gasteiger partial charge in [-0.25, -0.2) is 0 Å². The number of amides is 6. The van der Waals surface area contributed by atoms with E-state index in [0.29, 0.717) is 47.5 Å². The highest BCUT2D eigenvalue weighted by atomic mass is 127. The normalized spacial score (nSPS) is 16.7. The Morgan fingerprint density at radius 1 is 0.488 bits per heavy atom. The number of hydrogen-bond donors (Lipinski definition) is 4. The Kier molecular flexibility index (Phi) is 30.3. The van der Waals surface area contributed by atoms with Crippen LogP contribution in [-0.4, -0.2) is 186 Å². The zero-order chi connectivity index (χ0) is 64.7. The Morgan fingerprint density at radius 2 is 0.779 bits per heavy atom. The molecule has 2 aliphatic rings. The van der Waals surface area contributed by atoms with Gasteiger partial charge in [-0.2, -0.15) is 0 Å². The SMILES string of the molecule is CC(=O)OC(C)C(=O)Nc1c(I)c(C(=O)NCC2CC(=O)C(C)(C)C2=O)c(I)c(C(=O)N(C)CCCOCCOCCOCCOCCCN(C)C(=O)c2c(I)c(NC(=O)C(C)OC(C)=O)c(I)c(C(=O)NCC3CC(=O)C(C)(C)C3=O)c2I)c1I. The van der Waals surface area contributed by atoms with Crippen LogP contribution < -0.4 is 21.3 Å². The molecular formula is C56H70I6N6O18. The highest BCUT2D eigenvalue weighted by Crippen LogP contribution is 2.40. The number of anilines is 2. The van der Waals surface area contributed by atoms with Crippen LogP contribution in [0, 0.1) is 44.1 Å². The molecule has 2 saturated carbocycles. The third kappa shape index (κ3) is 19.8. The predicted octanol–water partition coefficient (Wildman–Crippen LogP) is 6.61. The fraction of sp³-hybridized carbons (Fsp3) is 0.571. The standard InChI is InChI=1S/C56H70I6N6O18/c1-27(85-29(3)69)49(75)65-45-41(59)35(51(77)63-25-31-23-33(71)55(5,6)47(31)73)39(57)37(43(45)61)53(79)67(9)13-11-15-81-17-19-83-21-22-84-20-18-82-16-12-14-68(10)54(80)38-40(58)36(52(78)64-26-32-24-34(72)56(7,8)48(32)74)42(60)46(44(38)62)66-50(76)28(2)86-30(4)70/h27-28,31-32H,11-26H2,1-10H3,(H,63,77)(H,64,78)(H,65,75)(H,66,76).